The van der Waals surface area contributed by atoms with Gasteiger partial charge in [-0.2, -0.15) is 0 Å². The van der Waals surface area contributed by atoms with Crippen molar-refractivity contribution in [3.8, 4) is 22.8 Å². The Morgan fingerprint density at radius 2 is 1.71 bits per heavy atom. The number of aromatic hydroxyl groups is 1. The van der Waals surface area contributed by atoms with E-state index >= 15 is 0 Å². The van der Waals surface area contributed by atoms with E-state index in [1.165, 1.54) is 24.3 Å². The average molecular weight is 409 g/mol. The molecule has 0 bridgehead atoms. The van der Waals surface area contributed by atoms with Gasteiger partial charge in [-0.1, -0.05) is 18.2 Å². The van der Waals surface area contributed by atoms with E-state index in [-0.39, 0.29) is 10.5 Å². The Bertz CT molecular complexity index is 1120. The van der Waals surface area contributed by atoms with Crippen molar-refractivity contribution in [3.05, 3.63) is 60.2 Å². The first kappa shape index (κ1) is 19.4. The van der Waals surface area contributed by atoms with E-state index in [4.69, 9.17) is 9.15 Å². The van der Waals surface area contributed by atoms with E-state index < -0.39 is 50.8 Å². The molecule has 10 heteroatoms. The van der Waals surface area contributed by atoms with Gasteiger partial charge in [-0.05, 0) is 24.3 Å². The van der Waals surface area contributed by atoms with Crippen molar-refractivity contribution in [1.82, 2.24) is 0 Å². The largest absolute Gasteiger partial charge is 0.502 e. The number of furan rings is 1. The highest BCUT2D eigenvalue weighted by Gasteiger charge is 2.28. The Balaban J connectivity index is 2.11. The minimum atomic E-state index is -4.17. The van der Waals surface area contributed by atoms with Gasteiger partial charge in [-0.25, -0.2) is 21.9 Å². The minimum Gasteiger partial charge on any atom is -0.502 e. The molecular formula is C18H13F2NO6S. The van der Waals surface area contributed by atoms with Crippen molar-refractivity contribution in [3.63, 3.8) is 0 Å². The molecule has 3 aromatic rings. The lowest BCUT2D eigenvalue weighted by Crippen LogP contribution is -2.13. The van der Waals surface area contributed by atoms with Gasteiger partial charge in [-0.3, -0.25) is 4.79 Å². The molecule has 0 aliphatic rings. The van der Waals surface area contributed by atoms with E-state index in [1.54, 1.807) is 6.07 Å². The Morgan fingerprint density at radius 1 is 1.11 bits per heavy atom. The van der Waals surface area contributed by atoms with Crippen LogP contribution >= 0.6 is 0 Å². The molecule has 0 radical (unpaired) electrons. The standard InChI is InChI=1S/C18H13F2NO6S/c1-10(22)26-17-15(23)16(11-7-12(19)9-13(20)8-11)27-18(17)21-28(24,25)14-5-3-2-4-6-14/h2-9,21,23H,1H3. The number of anilines is 1. The average Bonchev–Trinajstić information content (AvgIpc) is 2.90. The highest BCUT2D eigenvalue weighted by atomic mass is 32.2. The number of halogens is 2. The number of ether oxygens (including phenoxy) is 1. The van der Waals surface area contributed by atoms with Gasteiger partial charge in [0, 0.05) is 18.6 Å². The summed E-state index contributed by atoms with van der Waals surface area (Å²) in [6, 6.07) is 9.51. The number of esters is 1. The Labute approximate surface area is 158 Å². The molecule has 0 spiro atoms. The van der Waals surface area contributed by atoms with Gasteiger partial charge in [0.15, 0.2) is 5.76 Å². The zero-order chi connectivity index (χ0) is 20.5. The van der Waals surface area contributed by atoms with Crippen LogP contribution in [-0.2, 0) is 14.8 Å². The second kappa shape index (κ2) is 7.31. The lowest BCUT2D eigenvalue weighted by Gasteiger charge is -2.07. The molecule has 0 amide bonds. The van der Waals surface area contributed by atoms with E-state index in [0.29, 0.717) is 6.07 Å². The van der Waals surface area contributed by atoms with E-state index in [0.717, 1.165) is 19.1 Å². The highest BCUT2D eigenvalue weighted by molar-refractivity contribution is 7.92. The molecular weight excluding hydrogens is 396 g/mol. The van der Waals surface area contributed by atoms with Crippen molar-refractivity contribution >= 4 is 21.9 Å². The first-order valence-corrected chi connectivity index (χ1v) is 9.24. The number of rotatable bonds is 5. The van der Waals surface area contributed by atoms with Crippen molar-refractivity contribution in [2.24, 2.45) is 0 Å². The summed E-state index contributed by atoms with van der Waals surface area (Å²) in [6.07, 6.45) is 0. The zero-order valence-corrected chi connectivity index (χ0v) is 15.1. The van der Waals surface area contributed by atoms with E-state index in [2.05, 4.69) is 0 Å². The Hall–Kier alpha value is -3.40. The monoisotopic (exact) mass is 409 g/mol. The van der Waals surface area contributed by atoms with Crippen LogP contribution in [0, 0.1) is 11.6 Å². The van der Waals surface area contributed by atoms with Gasteiger partial charge < -0.3 is 14.3 Å². The first-order valence-electron chi connectivity index (χ1n) is 7.76. The predicted octanol–water partition coefficient (Wildman–Crippen LogP) is 3.66. The number of benzene rings is 2. The van der Waals surface area contributed by atoms with E-state index in [1.807, 2.05) is 4.72 Å². The summed E-state index contributed by atoms with van der Waals surface area (Å²) < 4.78 is 64.1. The molecule has 0 atom stereocenters. The van der Waals surface area contributed by atoms with Crippen molar-refractivity contribution in [2.75, 3.05) is 4.72 Å². The molecule has 1 heterocycles. The Morgan fingerprint density at radius 3 is 2.29 bits per heavy atom. The fourth-order valence-electron chi connectivity index (χ4n) is 2.37. The van der Waals surface area contributed by atoms with Gasteiger partial charge in [0.05, 0.1) is 4.90 Å². The lowest BCUT2D eigenvalue weighted by atomic mass is 10.1. The highest BCUT2D eigenvalue weighted by Crippen LogP contribution is 2.47. The molecule has 28 heavy (non-hydrogen) atoms. The number of carbonyl (C=O) groups excluding carboxylic acids is 1. The summed E-state index contributed by atoms with van der Waals surface area (Å²) >= 11 is 0. The molecule has 2 N–H and O–H groups in total. The van der Waals surface area contributed by atoms with Crippen LogP contribution in [0.4, 0.5) is 14.7 Å². The van der Waals surface area contributed by atoms with Gasteiger partial charge in [0.1, 0.15) is 11.6 Å². The number of nitrogens with one attached hydrogen (secondary N) is 1. The van der Waals surface area contributed by atoms with Crippen LogP contribution in [0.2, 0.25) is 0 Å². The maximum Gasteiger partial charge on any atom is 0.308 e. The van der Waals surface area contributed by atoms with Crippen LogP contribution in [0.1, 0.15) is 6.92 Å². The third-order valence-electron chi connectivity index (χ3n) is 3.49. The third-order valence-corrected chi connectivity index (χ3v) is 4.84. The summed E-state index contributed by atoms with van der Waals surface area (Å²) in [6.45, 7) is 1.02. The molecule has 0 aliphatic heterocycles. The summed E-state index contributed by atoms with van der Waals surface area (Å²) in [5, 5.41) is 10.3. The van der Waals surface area contributed by atoms with Crippen LogP contribution in [-0.4, -0.2) is 19.5 Å². The third kappa shape index (κ3) is 3.96. The number of hydrogen-bond acceptors (Lipinski definition) is 6. The van der Waals surface area contributed by atoms with Crippen LogP contribution in [0.5, 0.6) is 11.5 Å². The first-order chi connectivity index (χ1) is 13.2. The number of carbonyl (C=O) groups is 1. The molecule has 146 valence electrons. The topological polar surface area (TPSA) is 106 Å². The molecule has 7 nitrogen and oxygen atoms in total. The number of sulfonamides is 1. The van der Waals surface area contributed by atoms with Crippen LogP contribution < -0.4 is 9.46 Å². The maximum absolute atomic E-state index is 13.5. The van der Waals surface area contributed by atoms with Gasteiger partial charge in [0.2, 0.25) is 11.5 Å². The van der Waals surface area contributed by atoms with Crippen molar-refractivity contribution in [1.29, 1.82) is 0 Å². The smallest absolute Gasteiger partial charge is 0.308 e. The minimum absolute atomic E-state index is 0.127. The SMILES string of the molecule is CC(=O)Oc1c(NS(=O)(=O)c2ccccc2)oc(-c2cc(F)cc(F)c2)c1O. The maximum atomic E-state index is 13.5. The normalized spacial score (nSPS) is 11.2. The molecule has 2 aromatic carbocycles. The molecule has 0 saturated carbocycles. The molecule has 1 aromatic heterocycles. The molecule has 0 aliphatic carbocycles. The second-order valence-corrected chi connectivity index (χ2v) is 7.29. The van der Waals surface area contributed by atoms with Crippen LogP contribution in [0.15, 0.2) is 57.8 Å². The van der Waals surface area contributed by atoms with Crippen molar-refractivity contribution < 1.29 is 36.3 Å². The summed E-state index contributed by atoms with van der Waals surface area (Å²) in [7, 11) is -4.17. The predicted molar refractivity (Wildman–Crippen MR) is 94.3 cm³/mol. The van der Waals surface area contributed by atoms with Gasteiger partial charge in [0.25, 0.3) is 15.9 Å². The summed E-state index contributed by atoms with van der Waals surface area (Å²) in [5.74, 6) is -5.33. The molecule has 3 rings (SSSR count). The van der Waals surface area contributed by atoms with Gasteiger partial charge >= 0.3 is 5.97 Å². The summed E-state index contributed by atoms with van der Waals surface area (Å²) in [5.41, 5.74) is -0.228. The lowest BCUT2D eigenvalue weighted by molar-refractivity contribution is -0.131. The van der Waals surface area contributed by atoms with Crippen molar-refractivity contribution in [2.45, 2.75) is 11.8 Å². The van der Waals surface area contributed by atoms with Crippen LogP contribution in [0.3, 0.4) is 0 Å². The zero-order valence-electron chi connectivity index (χ0n) is 14.3. The van der Waals surface area contributed by atoms with Gasteiger partial charge in [-0.15, -0.1) is 0 Å². The molecule has 0 unspecified atom stereocenters. The van der Waals surface area contributed by atoms with E-state index in [9.17, 15) is 27.1 Å². The fourth-order valence-corrected chi connectivity index (χ4v) is 3.39. The summed E-state index contributed by atoms with van der Waals surface area (Å²) in [4.78, 5) is 11.2. The second-order valence-electron chi connectivity index (χ2n) is 5.61. The number of hydrogen-bond donors (Lipinski definition) is 2. The Kier molecular flexibility index (Phi) is 5.06. The van der Waals surface area contributed by atoms with Crippen LogP contribution in [0.25, 0.3) is 11.3 Å². The molecule has 0 fully saturated rings. The quantitative estimate of drug-likeness (QED) is 0.623. The molecule has 0 saturated heterocycles. The fraction of sp³-hybridized carbons (Fsp3) is 0.0556.